The van der Waals surface area contributed by atoms with Gasteiger partial charge in [0.1, 0.15) is 5.82 Å². The SMILES string of the molecule is Cc1cc(F)ccc1CN1C(=O)C(=O)c2cccc(Cl)c21. The van der Waals surface area contributed by atoms with Gasteiger partial charge in [-0.1, -0.05) is 23.7 Å². The van der Waals surface area contributed by atoms with E-state index in [1.807, 2.05) is 0 Å². The number of aryl methyl sites for hydroxylation is 1. The second kappa shape index (κ2) is 4.97. The maximum Gasteiger partial charge on any atom is 0.299 e. The smallest absolute Gasteiger partial charge is 0.299 e. The maximum atomic E-state index is 13.1. The molecule has 5 heteroatoms. The number of hydrogen-bond acceptors (Lipinski definition) is 2. The summed E-state index contributed by atoms with van der Waals surface area (Å²) < 4.78 is 13.1. The molecule has 1 heterocycles. The number of hydrogen-bond donors (Lipinski definition) is 0. The van der Waals surface area contributed by atoms with E-state index in [1.165, 1.54) is 17.0 Å². The van der Waals surface area contributed by atoms with Crippen LogP contribution in [0.5, 0.6) is 0 Å². The van der Waals surface area contributed by atoms with Crippen LogP contribution in [0.25, 0.3) is 0 Å². The first kappa shape index (κ1) is 13.8. The van der Waals surface area contributed by atoms with Crippen molar-refractivity contribution in [2.45, 2.75) is 13.5 Å². The van der Waals surface area contributed by atoms with E-state index < -0.39 is 11.7 Å². The zero-order chi connectivity index (χ0) is 15.1. The van der Waals surface area contributed by atoms with Crippen LogP contribution in [-0.2, 0) is 11.3 Å². The quantitative estimate of drug-likeness (QED) is 0.796. The summed E-state index contributed by atoms with van der Waals surface area (Å²) in [5.74, 6) is -1.51. The zero-order valence-electron chi connectivity index (χ0n) is 11.2. The first-order chi connectivity index (χ1) is 9.99. The Morgan fingerprint density at radius 3 is 2.67 bits per heavy atom. The molecule has 0 saturated heterocycles. The Kier molecular flexibility index (Phi) is 3.26. The van der Waals surface area contributed by atoms with Gasteiger partial charge in [-0.3, -0.25) is 14.5 Å². The average Bonchev–Trinajstić information content (AvgIpc) is 2.68. The summed E-state index contributed by atoms with van der Waals surface area (Å²) in [4.78, 5) is 25.5. The van der Waals surface area contributed by atoms with Crippen molar-refractivity contribution in [3.8, 4) is 0 Å². The molecule has 0 unspecified atom stereocenters. The van der Waals surface area contributed by atoms with Gasteiger partial charge in [-0.15, -0.1) is 0 Å². The summed E-state index contributed by atoms with van der Waals surface area (Å²) in [7, 11) is 0. The molecule has 0 radical (unpaired) electrons. The molecular weight excluding hydrogens is 293 g/mol. The van der Waals surface area contributed by atoms with Crippen molar-refractivity contribution in [2.75, 3.05) is 4.90 Å². The molecule has 3 nitrogen and oxygen atoms in total. The van der Waals surface area contributed by atoms with Crippen LogP contribution < -0.4 is 4.90 Å². The molecule has 0 aliphatic carbocycles. The molecule has 2 aromatic rings. The van der Waals surface area contributed by atoms with Gasteiger partial charge in [-0.25, -0.2) is 4.39 Å². The second-order valence-corrected chi connectivity index (χ2v) is 5.33. The van der Waals surface area contributed by atoms with Gasteiger partial charge in [0.15, 0.2) is 0 Å². The number of para-hydroxylation sites is 1. The van der Waals surface area contributed by atoms with Gasteiger partial charge in [0.25, 0.3) is 11.7 Å². The number of rotatable bonds is 2. The van der Waals surface area contributed by atoms with Crippen LogP contribution in [0, 0.1) is 12.7 Å². The summed E-state index contributed by atoms with van der Waals surface area (Å²) in [6.07, 6.45) is 0. The summed E-state index contributed by atoms with van der Waals surface area (Å²) in [5, 5.41) is 0.353. The molecule has 1 aliphatic heterocycles. The Balaban J connectivity index is 2.04. The highest BCUT2D eigenvalue weighted by molar-refractivity contribution is 6.54. The molecule has 0 N–H and O–H groups in total. The van der Waals surface area contributed by atoms with Crippen LogP contribution >= 0.6 is 11.6 Å². The van der Waals surface area contributed by atoms with Gasteiger partial charge in [-0.2, -0.15) is 0 Å². The van der Waals surface area contributed by atoms with E-state index in [0.29, 0.717) is 16.3 Å². The number of fused-ring (bicyclic) bond motifs is 1. The topological polar surface area (TPSA) is 37.4 Å². The van der Waals surface area contributed by atoms with Crippen molar-refractivity contribution in [1.29, 1.82) is 0 Å². The lowest BCUT2D eigenvalue weighted by molar-refractivity contribution is -0.114. The molecule has 0 fully saturated rings. The third-order valence-corrected chi connectivity index (χ3v) is 3.88. The highest BCUT2D eigenvalue weighted by atomic mass is 35.5. The van der Waals surface area contributed by atoms with Crippen molar-refractivity contribution in [3.63, 3.8) is 0 Å². The molecule has 0 spiro atoms. The molecule has 0 atom stereocenters. The molecular formula is C16H11ClFNO2. The van der Waals surface area contributed by atoms with E-state index in [0.717, 1.165) is 11.1 Å². The molecule has 0 saturated carbocycles. The monoisotopic (exact) mass is 303 g/mol. The van der Waals surface area contributed by atoms with E-state index in [1.54, 1.807) is 31.2 Å². The van der Waals surface area contributed by atoms with Crippen LogP contribution in [0.3, 0.4) is 0 Å². The maximum absolute atomic E-state index is 13.1. The average molecular weight is 304 g/mol. The van der Waals surface area contributed by atoms with Crippen molar-refractivity contribution in [3.05, 3.63) is 63.9 Å². The normalized spacial score (nSPS) is 13.8. The van der Waals surface area contributed by atoms with Crippen molar-refractivity contribution in [1.82, 2.24) is 0 Å². The Morgan fingerprint density at radius 2 is 1.95 bits per heavy atom. The molecule has 0 bridgehead atoms. The van der Waals surface area contributed by atoms with Crippen molar-refractivity contribution >= 4 is 29.0 Å². The number of benzene rings is 2. The fourth-order valence-electron chi connectivity index (χ4n) is 2.47. The third kappa shape index (κ3) is 2.21. The van der Waals surface area contributed by atoms with Crippen molar-refractivity contribution in [2.24, 2.45) is 0 Å². The van der Waals surface area contributed by atoms with Gasteiger partial charge in [0.2, 0.25) is 0 Å². The first-order valence-electron chi connectivity index (χ1n) is 6.39. The zero-order valence-corrected chi connectivity index (χ0v) is 11.9. The van der Waals surface area contributed by atoms with Gasteiger partial charge >= 0.3 is 0 Å². The highest BCUT2D eigenvalue weighted by Gasteiger charge is 2.37. The van der Waals surface area contributed by atoms with E-state index in [9.17, 15) is 14.0 Å². The fraction of sp³-hybridized carbons (Fsp3) is 0.125. The number of nitrogens with zero attached hydrogens (tertiary/aromatic N) is 1. The van der Waals surface area contributed by atoms with Crippen LogP contribution in [-0.4, -0.2) is 11.7 Å². The van der Waals surface area contributed by atoms with Gasteiger partial charge in [-0.05, 0) is 42.3 Å². The fourth-order valence-corrected chi connectivity index (χ4v) is 2.75. The Labute approximate surface area is 125 Å². The Bertz CT molecular complexity index is 773. The van der Waals surface area contributed by atoms with Crippen molar-refractivity contribution < 1.29 is 14.0 Å². The first-order valence-corrected chi connectivity index (χ1v) is 6.76. The molecule has 1 amide bonds. The van der Waals surface area contributed by atoms with Crippen LogP contribution in [0.4, 0.5) is 10.1 Å². The number of Topliss-reactive ketones (excluding diaryl/α,β-unsaturated/α-hetero) is 1. The number of ketones is 1. The summed E-state index contributed by atoms with van der Waals surface area (Å²) in [5.41, 5.74) is 2.23. The molecule has 0 aromatic heterocycles. The minimum Gasteiger partial charge on any atom is -0.299 e. The second-order valence-electron chi connectivity index (χ2n) is 4.93. The number of carbonyl (C=O) groups is 2. The summed E-state index contributed by atoms with van der Waals surface area (Å²) in [6.45, 7) is 1.95. The van der Waals surface area contributed by atoms with Crippen LogP contribution in [0.2, 0.25) is 5.02 Å². The Hall–Kier alpha value is -2.20. The van der Waals surface area contributed by atoms with Gasteiger partial charge in [0.05, 0.1) is 22.8 Å². The van der Waals surface area contributed by atoms with E-state index in [4.69, 9.17) is 11.6 Å². The minimum absolute atomic E-state index is 0.188. The minimum atomic E-state index is -0.609. The lowest BCUT2D eigenvalue weighted by Gasteiger charge is -2.19. The largest absolute Gasteiger partial charge is 0.299 e. The number of carbonyl (C=O) groups excluding carboxylic acids is 2. The van der Waals surface area contributed by atoms with Gasteiger partial charge < -0.3 is 0 Å². The molecule has 2 aromatic carbocycles. The Morgan fingerprint density at radius 1 is 1.19 bits per heavy atom. The molecule has 21 heavy (non-hydrogen) atoms. The predicted octanol–water partition coefficient (Wildman–Crippen LogP) is 3.52. The molecule has 1 aliphatic rings. The molecule has 3 rings (SSSR count). The van der Waals surface area contributed by atoms with E-state index >= 15 is 0 Å². The number of halogens is 2. The molecule has 106 valence electrons. The van der Waals surface area contributed by atoms with Crippen LogP contribution in [0.1, 0.15) is 21.5 Å². The number of amides is 1. The third-order valence-electron chi connectivity index (χ3n) is 3.57. The van der Waals surface area contributed by atoms with Crippen LogP contribution in [0.15, 0.2) is 36.4 Å². The predicted molar refractivity (Wildman–Crippen MR) is 78.1 cm³/mol. The lowest BCUT2D eigenvalue weighted by atomic mass is 10.1. The van der Waals surface area contributed by atoms with Gasteiger partial charge in [0, 0.05) is 0 Å². The van der Waals surface area contributed by atoms with E-state index in [2.05, 4.69) is 0 Å². The number of anilines is 1. The lowest BCUT2D eigenvalue weighted by Crippen LogP contribution is -2.29. The van der Waals surface area contributed by atoms with E-state index in [-0.39, 0.29) is 12.4 Å². The highest BCUT2D eigenvalue weighted by Crippen LogP contribution is 2.36. The standard InChI is InChI=1S/C16H11ClFNO2/c1-9-7-11(18)6-5-10(9)8-19-14-12(15(20)16(19)21)3-2-4-13(14)17/h2-7H,8H2,1H3. The summed E-state index contributed by atoms with van der Waals surface area (Å²) in [6, 6.07) is 9.19. The summed E-state index contributed by atoms with van der Waals surface area (Å²) >= 11 is 6.12.